The average molecular weight is 337 g/mol. The Morgan fingerprint density at radius 1 is 1.16 bits per heavy atom. The summed E-state index contributed by atoms with van der Waals surface area (Å²) in [6.07, 6.45) is 1.39. The molecule has 1 aromatic heterocycles. The van der Waals surface area contributed by atoms with E-state index in [1.54, 1.807) is 0 Å². The third-order valence-electron chi connectivity index (χ3n) is 3.90. The summed E-state index contributed by atoms with van der Waals surface area (Å²) in [6, 6.07) is 11.7. The van der Waals surface area contributed by atoms with Crippen LogP contribution in [0.5, 0.6) is 0 Å². The standard InChI is InChI=1S/C18H15N3O4/c1-11-2-4-12(5-3-11)9-20-18(23)17(22)15-10-19-16-7-6-13(21(24)25)8-14(15)16/h2-8,10,19H,9H2,1H3,(H,20,23). The van der Waals surface area contributed by atoms with Gasteiger partial charge in [-0.25, -0.2) is 0 Å². The van der Waals surface area contributed by atoms with Crippen molar-refractivity contribution in [1.29, 1.82) is 0 Å². The van der Waals surface area contributed by atoms with Crippen molar-refractivity contribution in [1.82, 2.24) is 10.3 Å². The van der Waals surface area contributed by atoms with Crippen LogP contribution in [0.15, 0.2) is 48.7 Å². The quantitative estimate of drug-likeness (QED) is 0.323. The normalized spacial score (nSPS) is 10.6. The fraction of sp³-hybridized carbons (Fsp3) is 0.111. The van der Waals surface area contributed by atoms with Gasteiger partial charge in [0.15, 0.2) is 0 Å². The molecule has 7 heteroatoms. The first kappa shape index (κ1) is 16.4. The molecule has 3 rings (SSSR count). The van der Waals surface area contributed by atoms with Crippen LogP contribution < -0.4 is 5.32 Å². The molecule has 0 bridgehead atoms. The number of non-ortho nitro benzene ring substituents is 1. The Bertz CT molecular complexity index is 974. The molecule has 0 radical (unpaired) electrons. The summed E-state index contributed by atoms with van der Waals surface area (Å²) in [6.45, 7) is 2.19. The first-order valence-electron chi connectivity index (χ1n) is 7.59. The fourth-order valence-electron chi connectivity index (χ4n) is 2.50. The number of fused-ring (bicyclic) bond motifs is 1. The van der Waals surface area contributed by atoms with Gasteiger partial charge in [0.1, 0.15) is 0 Å². The smallest absolute Gasteiger partial charge is 0.292 e. The number of amides is 1. The molecule has 0 saturated carbocycles. The number of hydrogen-bond acceptors (Lipinski definition) is 4. The van der Waals surface area contributed by atoms with Gasteiger partial charge >= 0.3 is 0 Å². The Morgan fingerprint density at radius 3 is 2.56 bits per heavy atom. The molecule has 25 heavy (non-hydrogen) atoms. The second-order valence-corrected chi connectivity index (χ2v) is 5.69. The van der Waals surface area contributed by atoms with Gasteiger partial charge in [0.2, 0.25) is 0 Å². The third kappa shape index (κ3) is 3.40. The van der Waals surface area contributed by atoms with Gasteiger partial charge in [0.05, 0.1) is 10.5 Å². The van der Waals surface area contributed by atoms with Gasteiger partial charge in [-0.3, -0.25) is 19.7 Å². The fourth-order valence-corrected chi connectivity index (χ4v) is 2.50. The number of nitrogens with zero attached hydrogens (tertiary/aromatic N) is 1. The van der Waals surface area contributed by atoms with Crippen molar-refractivity contribution < 1.29 is 14.5 Å². The molecule has 1 amide bonds. The van der Waals surface area contributed by atoms with E-state index in [2.05, 4.69) is 10.3 Å². The van der Waals surface area contributed by atoms with E-state index in [1.165, 1.54) is 24.4 Å². The highest BCUT2D eigenvalue weighted by atomic mass is 16.6. The van der Waals surface area contributed by atoms with Gasteiger partial charge in [-0.15, -0.1) is 0 Å². The van der Waals surface area contributed by atoms with Crippen LogP contribution in [-0.4, -0.2) is 21.6 Å². The van der Waals surface area contributed by atoms with Gasteiger partial charge < -0.3 is 10.3 Å². The van der Waals surface area contributed by atoms with Crippen LogP contribution in [0.25, 0.3) is 10.9 Å². The molecule has 0 spiro atoms. The molecular weight excluding hydrogens is 322 g/mol. The van der Waals surface area contributed by atoms with E-state index in [1.807, 2.05) is 31.2 Å². The van der Waals surface area contributed by atoms with E-state index in [0.717, 1.165) is 11.1 Å². The van der Waals surface area contributed by atoms with Gasteiger partial charge in [-0.2, -0.15) is 0 Å². The van der Waals surface area contributed by atoms with E-state index in [4.69, 9.17) is 0 Å². The summed E-state index contributed by atoms with van der Waals surface area (Å²) in [5.41, 5.74) is 2.51. The van der Waals surface area contributed by atoms with Crippen LogP contribution in [0.4, 0.5) is 5.69 Å². The van der Waals surface area contributed by atoms with Crippen LogP contribution in [-0.2, 0) is 11.3 Å². The Morgan fingerprint density at radius 2 is 1.88 bits per heavy atom. The van der Waals surface area contributed by atoms with Crippen molar-refractivity contribution in [2.45, 2.75) is 13.5 Å². The van der Waals surface area contributed by atoms with Crippen LogP contribution in [0.1, 0.15) is 21.5 Å². The van der Waals surface area contributed by atoms with Crippen molar-refractivity contribution >= 4 is 28.3 Å². The van der Waals surface area contributed by atoms with Crippen molar-refractivity contribution in [3.8, 4) is 0 Å². The lowest BCUT2D eigenvalue weighted by Gasteiger charge is -2.05. The number of Topliss-reactive ketones (excluding diaryl/α,β-unsaturated/α-hetero) is 1. The van der Waals surface area contributed by atoms with Crippen molar-refractivity contribution in [3.63, 3.8) is 0 Å². The Hall–Kier alpha value is -3.48. The van der Waals surface area contributed by atoms with E-state index in [9.17, 15) is 19.7 Å². The van der Waals surface area contributed by atoms with Gasteiger partial charge in [0, 0.05) is 35.8 Å². The number of nitrogens with one attached hydrogen (secondary N) is 2. The number of hydrogen-bond donors (Lipinski definition) is 2. The summed E-state index contributed by atoms with van der Waals surface area (Å²) in [5, 5.41) is 13.8. The zero-order valence-electron chi connectivity index (χ0n) is 13.4. The summed E-state index contributed by atoms with van der Waals surface area (Å²) in [7, 11) is 0. The molecule has 0 aliphatic heterocycles. The van der Waals surface area contributed by atoms with Crippen LogP contribution >= 0.6 is 0 Å². The molecule has 126 valence electrons. The second-order valence-electron chi connectivity index (χ2n) is 5.69. The van der Waals surface area contributed by atoms with Gasteiger partial charge in [0.25, 0.3) is 17.4 Å². The van der Waals surface area contributed by atoms with E-state index >= 15 is 0 Å². The molecular formula is C18H15N3O4. The number of aromatic amines is 1. The minimum Gasteiger partial charge on any atom is -0.360 e. The van der Waals surface area contributed by atoms with Crippen LogP contribution in [0, 0.1) is 17.0 Å². The maximum Gasteiger partial charge on any atom is 0.292 e. The lowest BCUT2D eigenvalue weighted by molar-refractivity contribution is -0.384. The number of nitro groups is 1. The molecule has 1 heterocycles. The van der Waals surface area contributed by atoms with Gasteiger partial charge in [-0.1, -0.05) is 29.8 Å². The number of benzene rings is 2. The maximum atomic E-state index is 12.4. The first-order chi connectivity index (χ1) is 12.0. The number of aryl methyl sites for hydroxylation is 1. The molecule has 0 aliphatic rings. The SMILES string of the molecule is Cc1ccc(CNC(=O)C(=O)c2c[nH]c3ccc([N+](=O)[O-])cc23)cc1. The Balaban J connectivity index is 1.78. The predicted octanol–water partition coefficient (Wildman–Crippen LogP) is 2.88. The average Bonchev–Trinajstić information content (AvgIpc) is 3.03. The second kappa shape index (κ2) is 6.56. The Labute approximate surface area is 142 Å². The van der Waals surface area contributed by atoms with Crippen molar-refractivity contribution in [3.05, 3.63) is 75.5 Å². The molecule has 2 aromatic carbocycles. The number of rotatable bonds is 5. The maximum absolute atomic E-state index is 12.4. The Kier molecular flexibility index (Phi) is 4.30. The molecule has 0 unspecified atom stereocenters. The van der Waals surface area contributed by atoms with E-state index in [-0.39, 0.29) is 17.8 Å². The first-order valence-corrected chi connectivity index (χ1v) is 7.59. The minimum atomic E-state index is -0.756. The number of carbonyl (C=O) groups is 2. The van der Waals surface area contributed by atoms with Crippen molar-refractivity contribution in [2.24, 2.45) is 0 Å². The number of aromatic nitrogens is 1. The van der Waals surface area contributed by atoms with Gasteiger partial charge in [-0.05, 0) is 18.6 Å². The number of ketones is 1. The minimum absolute atomic E-state index is 0.111. The zero-order chi connectivity index (χ0) is 18.0. The lowest BCUT2D eigenvalue weighted by atomic mass is 10.1. The van der Waals surface area contributed by atoms with Crippen LogP contribution in [0.2, 0.25) is 0 Å². The third-order valence-corrected chi connectivity index (χ3v) is 3.90. The topological polar surface area (TPSA) is 105 Å². The lowest BCUT2D eigenvalue weighted by Crippen LogP contribution is -2.30. The summed E-state index contributed by atoms with van der Waals surface area (Å²) < 4.78 is 0. The molecule has 0 aliphatic carbocycles. The van der Waals surface area contributed by atoms with Crippen LogP contribution in [0.3, 0.4) is 0 Å². The predicted molar refractivity (Wildman–Crippen MR) is 92.3 cm³/mol. The van der Waals surface area contributed by atoms with E-state index in [0.29, 0.717) is 10.9 Å². The molecule has 2 N–H and O–H groups in total. The summed E-state index contributed by atoms with van der Waals surface area (Å²) >= 11 is 0. The number of carbonyl (C=O) groups excluding carboxylic acids is 2. The number of H-pyrrole nitrogens is 1. The molecule has 3 aromatic rings. The zero-order valence-corrected chi connectivity index (χ0v) is 13.4. The number of nitro benzene ring substituents is 1. The highest BCUT2D eigenvalue weighted by Gasteiger charge is 2.21. The largest absolute Gasteiger partial charge is 0.360 e. The molecule has 0 saturated heterocycles. The van der Waals surface area contributed by atoms with Crippen molar-refractivity contribution in [2.75, 3.05) is 0 Å². The molecule has 0 atom stereocenters. The summed E-state index contributed by atoms with van der Waals surface area (Å²) in [4.78, 5) is 37.7. The molecule has 7 nitrogen and oxygen atoms in total. The van der Waals surface area contributed by atoms with E-state index < -0.39 is 16.6 Å². The summed E-state index contributed by atoms with van der Waals surface area (Å²) in [5.74, 6) is -1.49. The monoisotopic (exact) mass is 337 g/mol. The highest BCUT2D eigenvalue weighted by Crippen LogP contribution is 2.24. The molecule has 0 fully saturated rings. The highest BCUT2D eigenvalue weighted by molar-refractivity contribution is 6.44.